The Kier molecular flexibility index (Phi) is 13.2. The molecular formula is C30H51N3O4. The molecule has 0 spiro atoms. The van der Waals surface area contributed by atoms with Crippen LogP contribution in [0.2, 0.25) is 0 Å². The maximum absolute atomic E-state index is 14.3. The number of nitrogens with zero attached hydrogens (tertiary/aromatic N) is 1. The highest BCUT2D eigenvalue weighted by Gasteiger charge is 2.40. The number of benzene rings is 1. The SMILES string of the molecule is CCCCCNC(=O)C(c1cc(C)cc(C)c1)N(C(=O)C(NC(=O)OC(C)(C)C)C(C)CC)C(C)CC. The first-order chi connectivity index (χ1) is 17.2. The minimum Gasteiger partial charge on any atom is -0.444 e. The molecule has 0 saturated heterocycles. The number of hydrogen-bond acceptors (Lipinski definition) is 4. The predicted octanol–water partition coefficient (Wildman–Crippen LogP) is 6.22. The molecule has 0 heterocycles. The van der Waals surface area contributed by atoms with Gasteiger partial charge >= 0.3 is 6.09 Å². The molecule has 0 radical (unpaired) electrons. The van der Waals surface area contributed by atoms with Gasteiger partial charge in [0.1, 0.15) is 17.7 Å². The molecule has 37 heavy (non-hydrogen) atoms. The number of alkyl carbamates (subject to hydrolysis) is 1. The molecule has 1 aromatic carbocycles. The Morgan fingerprint density at radius 2 is 1.54 bits per heavy atom. The van der Waals surface area contributed by atoms with Crippen LogP contribution in [0.4, 0.5) is 4.79 Å². The van der Waals surface area contributed by atoms with E-state index in [9.17, 15) is 14.4 Å². The van der Waals surface area contributed by atoms with Crippen LogP contribution < -0.4 is 10.6 Å². The summed E-state index contributed by atoms with van der Waals surface area (Å²) in [5.41, 5.74) is 2.14. The summed E-state index contributed by atoms with van der Waals surface area (Å²) < 4.78 is 5.48. The Labute approximate surface area is 225 Å². The van der Waals surface area contributed by atoms with Crippen molar-refractivity contribution in [2.75, 3.05) is 6.54 Å². The fourth-order valence-corrected chi connectivity index (χ4v) is 4.36. The molecule has 0 fully saturated rings. The lowest BCUT2D eigenvalue weighted by molar-refractivity contribution is -0.146. The first-order valence-electron chi connectivity index (χ1n) is 13.9. The number of hydrogen-bond donors (Lipinski definition) is 2. The Hall–Kier alpha value is -2.57. The van der Waals surface area contributed by atoms with Gasteiger partial charge in [0.05, 0.1) is 0 Å². The molecule has 4 unspecified atom stereocenters. The molecule has 7 nitrogen and oxygen atoms in total. The average molecular weight is 518 g/mol. The fourth-order valence-electron chi connectivity index (χ4n) is 4.36. The highest BCUT2D eigenvalue weighted by molar-refractivity contribution is 5.92. The summed E-state index contributed by atoms with van der Waals surface area (Å²) >= 11 is 0. The average Bonchev–Trinajstić information content (AvgIpc) is 2.80. The predicted molar refractivity (Wildman–Crippen MR) is 150 cm³/mol. The zero-order valence-electron chi connectivity index (χ0n) is 24.9. The largest absolute Gasteiger partial charge is 0.444 e. The van der Waals surface area contributed by atoms with Gasteiger partial charge < -0.3 is 20.3 Å². The first kappa shape index (κ1) is 32.5. The van der Waals surface area contributed by atoms with Crippen LogP contribution in [0.3, 0.4) is 0 Å². The standard InChI is InChI=1S/C30H51N3O4/c1-11-14-15-16-31-27(34)26(24-18-20(4)17-21(5)19-24)33(23(7)13-3)28(35)25(22(6)12-2)32-29(36)37-30(8,9)10/h17-19,22-23,25-26H,11-16H2,1-10H3,(H,31,34)(H,32,36). The van der Waals surface area contributed by atoms with E-state index in [2.05, 4.69) is 23.6 Å². The number of aryl methyl sites for hydroxylation is 2. The second-order valence-corrected chi connectivity index (χ2v) is 11.3. The van der Waals surface area contributed by atoms with Gasteiger partial charge in [0.15, 0.2) is 0 Å². The Morgan fingerprint density at radius 3 is 2.03 bits per heavy atom. The highest BCUT2D eigenvalue weighted by atomic mass is 16.6. The Bertz CT molecular complexity index is 873. The number of carbonyl (C=O) groups is 3. The van der Waals surface area contributed by atoms with Crippen LogP contribution >= 0.6 is 0 Å². The normalized spacial score (nSPS) is 14.8. The van der Waals surface area contributed by atoms with Gasteiger partial charge in [0.2, 0.25) is 11.8 Å². The van der Waals surface area contributed by atoms with E-state index < -0.39 is 23.8 Å². The van der Waals surface area contributed by atoms with E-state index in [1.807, 2.05) is 53.7 Å². The topological polar surface area (TPSA) is 87.7 Å². The molecule has 0 aliphatic heterocycles. The van der Waals surface area contributed by atoms with Gasteiger partial charge in [-0.05, 0) is 65.9 Å². The van der Waals surface area contributed by atoms with Crippen LogP contribution in [0.25, 0.3) is 0 Å². The van der Waals surface area contributed by atoms with Crippen LogP contribution in [0, 0.1) is 19.8 Å². The van der Waals surface area contributed by atoms with Gasteiger partial charge in [-0.3, -0.25) is 9.59 Å². The molecule has 4 atom stereocenters. The third kappa shape index (κ3) is 10.4. The van der Waals surface area contributed by atoms with Crippen molar-refractivity contribution in [2.45, 2.75) is 125 Å². The lowest BCUT2D eigenvalue weighted by Gasteiger charge is -2.39. The molecule has 7 heteroatoms. The Balaban J connectivity index is 3.55. The zero-order valence-corrected chi connectivity index (χ0v) is 24.9. The summed E-state index contributed by atoms with van der Waals surface area (Å²) in [6.07, 6.45) is 3.67. The molecule has 3 amide bonds. The highest BCUT2D eigenvalue weighted by Crippen LogP contribution is 2.29. The van der Waals surface area contributed by atoms with E-state index in [0.717, 1.165) is 36.0 Å². The molecule has 0 saturated carbocycles. The zero-order chi connectivity index (χ0) is 28.3. The molecule has 0 aliphatic carbocycles. The molecule has 0 aromatic heterocycles. The van der Waals surface area contributed by atoms with Gasteiger partial charge in [-0.2, -0.15) is 0 Å². The molecule has 1 rings (SSSR count). The van der Waals surface area contributed by atoms with Gasteiger partial charge in [0, 0.05) is 12.6 Å². The van der Waals surface area contributed by atoms with E-state index >= 15 is 0 Å². The maximum Gasteiger partial charge on any atom is 0.408 e. The molecule has 2 N–H and O–H groups in total. The lowest BCUT2D eigenvalue weighted by atomic mass is 9.93. The molecule has 1 aromatic rings. The third-order valence-corrected chi connectivity index (χ3v) is 6.64. The summed E-state index contributed by atoms with van der Waals surface area (Å²) in [4.78, 5) is 42.5. The summed E-state index contributed by atoms with van der Waals surface area (Å²) in [6.45, 7) is 19.9. The van der Waals surface area contributed by atoms with E-state index in [-0.39, 0.29) is 23.8 Å². The van der Waals surface area contributed by atoms with Gasteiger partial charge in [-0.15, -0.1) is 0 Å². The summed E-state index contributed by atoms with van der Waals surface area (Å²) in [5.74, 6) is -0.628. The number of rotatable bonds is 13. The quantitative estimate of drug-likeness (QED) is 0.304. The first-order valence-corrected chi connectivity index (χ1v) is 13.9. The Morgan fingerprint density at radius 1 is 0.946 bits per heavy atom. The van der Waals surface area contributed by atoms with Crippen LogP contribution in [-0.2, 0) is 14.3 Å². The van der Waals surface area contributed by atoms with Crippen molar-refractivity contribution in [2.24, 2.45) is 5.92 Å². The fraction of sp³-hybridized carbons (Fsp3) is 0.700. The molecule has 210 valence electrons. The van der Waals surface area contributed by atoms with Gasteiger partial charge in [-0.1, -0.05) is 76.3 Å². The second-order valence-electron chi connectivity index (χ2n) is 11.3. The third-order valence-electron chi connectivity index (χ3n) is 6.64. The van der Waals surface area contributed by atoms with E-state index in [4.69, 9.17) is 4.74 Å². The molecule has 0 bridgehead atoms. The number of amides is 3. The van der Waals surface area contributed by atoms with Crippen LogP contribution in [-0.4, -0.2) is 47.0 Å². The summed E-state index contributed by atoms with van der Waals surface area (Å²) in [7, 11) is 0. The smallest absolute Gasteiger partial charge is 0.408 e. The maximum atomic E-state index is 14.3. The lowest BCUT2D eigenvalue weighted by Crippen LogP contribution is -2.57. The monoisotopic (exact) mass is 517 g/mol. The molecule has 0 aliphatic rings. The van der Waals surface area contributed by atoms with Gasteiger partial charge in [-0.25, -0.2) is 4.79 Å². The molecular weight excluding hydrogens is 466 g/mol. The summed E-state index contributed by atoms with van der Waals surface area (Å²) in [5, 5.41) is 5.91. The number of nitrogens with one attached hydrogen (secondary N) is 2. The van der Waals surface area contributed by atoms with Crippen molar-refractivity contribution in [3.8, 4) is 0 Å². The van der Waals surface area contributed by atoms with Crippen molar-refractivity contribution >= 4 is 17.9 Å². The van der Waals surface area contributed by atoms with Crippen LogP contribution in [0.1, 0.15) is 110 Å². The number of ether oxygens (including phenoxy) is 1. The summed E-state index contributed by atoms with van der Waals surface area (Å²) in [6, 6.07) is 4.15. The van der Waals surface area contributed by atoms with E-state index in [1.54, 1.807) is 25.7 Å². The van der Waals surface area contributed by atoms with Crippen molar-refractivity contribution in [3.63, 3.8) is 0 Å². The van der Waals surface area contributed by atoms with Gasteiger partial charge in [0.25, 0.3) is 0 Å². The van der Waals surface area contributed by atoms with Crippen molar-refractivity contribution in [1.82, 2.24) is 15.5 Å². The minimum absolute atomic E-state index is 0.154. The van der Waals surface area contributed by atoms with Crippen LogP contribution in [0.15, 0.2) is 18.2 Å². The van der Waals surface area contributed by atoms with Crippen molar-refractivity contribution in [1.29, 1.82) is 0 Å². The number of unbranched alkanes of at least 4 members (excludes halogenated alkanes) is 2. The number of carbonyl (C=O) groups excluding carboxylic acids is 3. The van der Waals surface area contributed by atoms with E-state index in [0.29, 0.717) is 19.4 Å². The van der Waals surface area contributed by atoms with E-state index in [1.165, 1.54) is 0 Å². The second kappa shape index (κ2) is 15.0. The van der Waals surface area contributed by atoms with Crippen LogP contribution in [0.5, 0.6) is 0 Å². The van der Waals surface area contributed by atoms with Crippen molar-refractivity contribution in [3.05, 3.63) is 34.9 Å². The minimum atomic E-state index is -0.824. The van der Waals surface area contributed by atoms with Crippen molar-refractivity contribution < 1.29 is 19.1 Å².